The predicted octanol–water partition coefficient (Wildman–Crippen LogP) is 5.42. The Morgan fingerprint density at radius 3 is 2.00 bits per heavy atom. The third-order valence-electron chi connectivity index (χ3n) is 5.41. The lowest BCUT2D eigenvalue weighted by Crippen LogP contribution is -2.51. The molecule has 3 heteroatoms. The molecular weight excluding hydrogens is 264 g/mol. The van der Waals surface area contributed by atoms with Gasteiger partial charge in [0.2, 0.25) is 0 Å². The highest BCUT2D eigenvalue weighted by Gasteiger charge is 2.53. The van der Waals surface area contributed by atoms with Crippen LogP contribution in [0.15, 0.2) is 0 Å². The highest BCUT2D eigenvalue weighted by atomic mass is 28.4. The summed E-state index contributed by atoms with van der Waals surface area (Å²) in [6.45, 7) is 8.55. The Bertz CT molecular complexity index is 270. The van der Waals surface area contributed by atoms with Crippen LogP contribution in [0.4, 0.5) is 0 Å². The molecule has 118 valence electrons. The lowest BCUT2D eigenvalue weighted by molar-refractivity contribution is 0.143. The fourth-order valence-corrected chi connectivity index (χ4v) is 9.34. The van der Waals surface area contributed by atoms with Crippen LogP contribution in [-0.2, 0) is 8.85 Å². The van der Waals surface area contributed by atoms with E-state index in [-0.39, 0.29) is 0 Å². The summed E-state index contributed by atoms with van der Waals surface area (Å²) in [5, 5.41) is 0. The van der Waals surface area contributed by atoms with Gasteiger partial charge in [-0.15, -0.1) is 0 Å². The van der Waals surface area contributed by atoms with Crippen molar-refractivity contribution in [2.45, 2.75) is 89.6 Å². The van der Waals surface area contributed by atoms with Crippen molar-refractivity contribution in [3.05, 3.63) is 0 Å². The molecule has 2 fully saturated rings. The molecule has 0 radical (unpaired) electrons. The van der Waals surface area contributed by atoms with Gasteiger partial charge in [-0.05, 0) is 44.9 Å². The van der Waals surface area contributed by atoms with E-state index < -0.39 is 8.56 Å². The first-order valence-corrected chi connectivity index (χ1v) is 11.0. The third kappa shape index (κ3) is 3.66. The Morgan fingerprint density at radius 1 is 0.850 bits per heavy atom. The predicted molar refractivity (Wildman–Crippen MR) is 87.2 cm³/mol. The topological polar surface area (TPSA) is 18.5 Å². The van der Waals surface area contributed by atoms with Gasteiger partial charge in [-0.1, -0.05) is 39.5 Å². The van der Waals surface area contributed by atoms with E-state index in [0.717, 1.165) is 36.6 Å². The first kappa shape index (κ1) is 16.5. The zero-order valence-electron chi connectivity index (χ0n) is 13.8. The van der Waals surface area contributed by atoms with E-state index in [2.05, 4.69) is 20.8 Å². The fourth-order valence-electron chi connectivity index (χ4n) is 4.32. The average Bonchev–Trinajstić information content (AvgIpc) is 2.99. The molecule has 0 amide bonds. The van der Waals surface area contributed by atoms with Crippen LogP contribution in [0.1, 0.15) is 78.6 Å². The molecule has 2 nitrogen and oxygen atoms in total. The number of rotatable bonds is 7. The van der Waals surface area contributed by atoms with Crippen LogP contribution in [0, 0.1) is 5.92 Å². The first-order chi connectivity index (χ1) is 9.73. The lowest BCUT2D eigenvalue weighted by atomic mass is 9.90. The summed E-state index contributed by atoms with van der Waals surface area (Å²) in [4.78, 5) is 0. The van der Waals surface area contributed by atoms with E-state index in [1.807, 2.05) is 0 Å². The van der Waals surface area contributed by atoms with Crippen LogP contribution in [0.25, 0.3) is 0 Å². The molecular formula is C17H34O2Si. The van der Waals surface area contributed by atoms with Gasteiger partial charge in [0.15, 0.2) is 0 Å². The molecule has 2 rings (SSSR count). The minimum Gasteiger partial charge on any atom is -0.394 e. The van der Waals surface area contributed by atoms with Crippen molar-refractivity contribution in [1.82, 2.24) is 0 Å². The smallest absolute Gasteiger partial charge is 0.344 e. The van der Waals surface area contributed by atoms with Gasteiger partial charge >= 0.3 is 8.56 Å². The largest absolute Gasteiger partial charge is 0.394 e. The maximum Gasteiger partial charge on any atom is 0.344 e. The summed E-state index contributed by atoms with van der Waals surface area (Å²) in [6.07, 6.45) is 12.1. The molecule has 0 aromatic heterocycles. The fraction of sp³-hybridized carbons (Fsp3) is 1.00. The van der Waals surface area contributed by atoms with Crippen molar-refractivity contribution in [2.24, 2.45) is 5.92 Å². The van der Waals surface area contributed by atoms with Crippen molar-refractivity contribution in [1.29, 1.82) is 0 Å². The van der Waals surface area contributed by atoms with Gasteiger partial charge in [-0.25, -0.2) is 0 Å². The SMILES string of the molecule is CCCO[Si](OCC)(C1CCCC1)C1CCC(C)CC1. The van der Waals surface area contributed by atoms with E-state index in [4.69, 9.17) is 8.85 Å². The zero-order chi connectivity index (χ0) is 14.4. The molecule has 2 aliphatic rings. The Labute approximate surface area is 126 Å². The minimum atomic E-state index is -2.01. The molecule has 0 aromatic rings. The molecule has 0 spiro atoms. The van der Waals surface area contributed by atoms with Crippen LogP contribution >= 0.6 is 0 Å². The summed E-state index contributed by atoms with van der Waals surface area (Å²) in [5.41, 5.74) is 1.53. The maximum atomic E-state index is 6.59. The highest BCUT2D eigenvalue weighted by molar-refractivity contribution is 6.70. The van der Waals surface area contributed by atoms with Crippen molar-refractivity contribution in [3.8, 4) is 0 Å². The monoisotopic (exact) mass is 298 g/mol. The second-order valence-electron chi connectivity index (χ2n) is 6.94. The average molecular weight is 299 g/mol. The quantitative estimate of drug-likeness (QED) is 0.585. The van der Waals surface area contributed by atoms with E-state index in [0.29, 0.717) is 0 Å². The first-order valence-electron chi connectivity index (χ1n) is 9.00. The molecule has 0 N–H and O–H groups in total. The van der Waals surface area contributed by atoms with Crippen LogP contribution in [-0.4, -0.2) is 21.8 Å². The van der Waals surface area contributed by atoms with Crippen molar-refractivity contribution < 1.29 is 8.85 Å². The summed E-state index contributed by atoms with van der Waals surface area (Å²) in [5.74, 6) is 0.911. The third-order valence-corrected chi connectivity index (χ3v) is 10.2. The van der Waals surface area contributed by atoms with Gasteiger partial charge in [0.1, 0.15) is 0 Å². The summed E-state index contributed by atoms with van der Waals surface area (Å²) < 4.78 is 13.1. The Morgan fingerprint density at radius 2 is 1.45 bits per heavy atom. The van der Waals surface area contributed by atoms with Gasteiger partial charge in [0.05, 0.1) is 0 Å². The van der Waals surface area contributed by atoms with Gasteiger partial charge < -0.3 is 8.85 Å². The molecule has 2 aliphatic carbocycles. The summed E-state index contributed by atoms with van der Waals surface area (Å²) >= 11 is 0. The second kappa shape index (κ2) is 7.95. The van der Waals surface area contributed by atoms with E-state index in [1.54, 1.807) is 0 Å². The standard InChI is InChI=1S/C17H34O2Si/c1-4-14-19-20(18-5-2,16-8-6-7-9-16)17-12-10-15(3)11-13-17/h15-17H,4-14H2,1-3H3. The molecule has 0 heterocycles. The van der Waals surface area contributed by atoms with Crippen LogP contribution < -0.4 is 0 Å². The van der Waals surface area contributed by atoms with Gasteiger partial charge in [-0.3, -0.25) is 0 Å². The van der Waals surface area contributed by atoms with Gasteiger partial charge in [-0.2, -0.15) is 0 Å². The van der Waals surface area contributed by atoms with Crippen molar-refractivity contribution in [3.63, 3.8) is 0 Å². The number of hydrogen-bond acceptors (Lipinski definition) is 2. The minimum absolute atomic E-state index is 0.758. The van der Waals surface area contributed by atoms with E-state index in [1.165, 1.54) is 51.4 Å². The summed E-state index contributed by atoms with van der Waals surface area (Å²) in [6, 6.07) is 0. The molecule has 1 unspecified atom stereocenters. The molecule has 2 saturated carbocycles. The highest BCUT2D eigenvalue weighted by Crippen LogP contribution is 2.50. The molecule has 0 aliphatic heterocycles. The second-order valence-corrected chi connectivity index (χ2v) is 10.6. The maximum absolute atomic E-state index is 6.59. The molecule has 0 aromatic carbocycles. The van der Waals surface area contributed by atoms with Crippen LogP contribution in [0.3, 0.4) is 0 Å². The number of hydrogen-bond donors (Lipinski definition) is 0. The zero-order valence-corrected chi connectivity index (χ0v) is 14.8. The lowest BCUT2D eigenvalue weighted by Gasteiger charge is -2.43. The van der Waals surface area contributed by atoms with Gasteiger partial charge in [0.25, 0.3) is 0 Å². The molecule has 20 heavy (non-hydrogen) atoms. The Hall–Kier alpha value is 0.137. The molecule has 0 bridgehead atoms. The van der Waals surface area contributed by atoms with E-state index >= 15 is 0 Å². The van der Waals surface area contributed by atoms with Crippen LogP contribution in [0.2, 0.25) is 11.1 Å². The van der Waals surface area contributed by atoms with Gasteiger partial charge in [0, 0.05) is 24.3 Å². The van der Waals surface area contributed by atoms with Crippen molar-refractivity contribution in [2.75, 3.05) is 13.2 Å². The normalized spacial score (nSPS) is 31.4. The van der Waals surface area contributed by atoms with E-state index in [9.17, 15) is 0 Å². The summed E-state index contributed by atoms with van der Waals surface area (Å²) in [7, 11) is -2.01. The molecule has 0 saturated heterocycles. The molecule has 1 atom stereocenters. The van der Waals surface area contributed by atoms with Crippen molar-refractivity contribution >= 4 is 8.56 Å². The Kier molecular flexibility index (Phi) is 6.56. The van der Waals surface area contributed by atoms with Crippen LogP contribution in [0.5, 0.6) is 0 Å². The Balaban J connectivity index is 2.14.